The van der Waals surface area contributed by atoms with Crippen LogP contribution in [0.15, 0.2) is 6.20 Å². The number of nitrogens with one attached hydrogen (secondary N) is 1. The fourth-order valence-corrected chi connectivity index (χ4v) is 3.55. The van der Waals surface area contributed by atoms with Gasteiger partial charge in [-0.05, 0) is 39.7 Å². The second-order valence-electron chi connectivity index (χ2n) is 5.39. The molecule has 0 radical (unpaired) electrons. The first-order valence-electron chi connectivity index (χ1n) is 7.80. The molecule has 0 bridgehead atoms. The molecule has 0 saturated carbocycles. The average molecular weight is 297 g/mol. The van der Waals surface area contributed by atoms with Crippen molar-refractivity contribution in [2.75, 3.05) is 31.1 Å². The molecule has 1 N–H and O–H groups in total. The minimum Gasteiger partial charge on any atom is -0.377 e. The normalized spacial score (nSPS) is 21.1. The molecule has 1 aromatic rings. The summed E-state index contributed by atoms with van der Waals surface area (Å²) in [5.74, 6) is 0. The summed E-state index contributed by atoms with van der Waals surface area (Å²) in [6.45, 7) is 10.4. The quantitative estimate of drug-likeness (QED) is 0.838. The number of hydrogen-bond donors (Lipinski definition) is 1. The Kier molecular flexibility index (Phi) is 6.26. The molecule has 0 aliphatic carbocycles. The molecule has 2 rings (SSSR count). The maximum atomic E-state index is 5.76. The van der Waals surface area contributed by atoms with Crippen molar-refractivity contribution in [3.05, 3.63) is 11.1 Å². The van der Waals surface area contributed by atoms with Crippen molar-refractivity contribution in [3.63, 3.8) is 0 Å². The maximum absolute atomic E-state index is 5.76. The molecule has 1 aliphatic rings. The van der Waals surface area contributed by atoms with Gasteiger partial charge in [-0.1, -0.05) is 6.92 Å². The molecule has 0 aromatic carbocycles. The molecule has 114 valence electrons. The van der Waals surface area contributed by atoms with Gasteiger partial charge in [-0.3, -0.25) is 0 Å². The van der Waals surface area contributed by atoms with Crippen LogP contribution < -0.4 is 10.2 Å². The minimum atomic E-state index is 0.372. The maximum Gasteiger partial charge on any atom is 0.185 e. The van der Waals surface area contributed by atoms with E-state index >= 15 is 0 Å². The molecule has 2 atom stereocenters. The molecule has 1 saturated heterocycles. The third kappa shape index (κ3) is 4.17. The third-order valence-corrected chi connectivity index (χ3v) is 4.93. The zero-order chi connectivity index (χ0) is 14.4. The second-order valence-corrected chi connectivity index (χ2v) is 6.43. The Balaban J connectivity index is 1.93. The van der Waals surface area contributed by atoms with Gasteiger partial charge >= 0.3 is 0 Å². The molecule has 1 fully saturated rings. The van der Waals surface area contributed by atoms with Crippen LogP contribution in [0.25, 0.3) is 0 Å². The summed E-state index contributed by atoms with van der Waals surface area (Å²) in [4.78, 5) is 8.32. The predicted molar refractivity (Wildman–Crippen MR) is 85.7 cm³/mol. The fourth-order valence-electron chi connectivity index (χ4n) is 2.57. The van der Waals surface area contributed by atoms with Crippen LogP contribution in [0.1, 0.15) is 51.0 Å². The highest BCUT2D eigenvalue weighted by Gasteiger charge is 2.22. The van der Waals surface area contributed by atoms with Gasteiger partial charge in [0.1, 0.15) is 0 Å². The number of piperidine rings is 1. The highest BCUT2D eigenvalue weighted by molar-refractivity contribution is 7.15. The lowest BCUT2D eigenvalue weighted by Crippen LogP contribution is -2.39. The topological polar surface area (TPSA) is 37.4 Å². The number of anilines is 1. The molecule has 5 heteroatoms. The summed E-state index contributed by atoms with van der Waals surface area (Å²) >= 11 is 1.81. The lowest BCUT2D eigenvalue weighted by atomic mass is 10.1. The molecular weight excluding hydrogens is 270 g/mol. The van der Waals surface area contributed by atoms with Crippen molar-refractivity contribution in [2.24, 2.45) is 0 Å². The van der Waals surface area contributed by atoms with E-state index in [1.165, 1.54) is 17.7 Å². The Labute approximate surface area is 126 Å². The Morgan fingerprint density at radius 2 is 2.40 bits per heavy atom. The van der Waals surface area contributed by atoms with Crippen molar-refractivity contribution < 1.29 is 4.74 Å². The summed E-state index contributed by atoms with van der Waals surface area (Å²) in [5, 5.41) is 4.67. The lowest BCUT2D eigenvalue weighted by molar-refractivity contribution is 0.0526. The van der Waals surface area contributed by atoms with Crippen LogP contribution in [0.5, 0.6) is 0 Å². The number of thiazole rings is 1. The molecule has 20 heavy (non-hydrogen) atoms. The zero-order valence-corrected chi connectivity index (χ0v) is 13.7. The first-order valence-corrected chi connectivity index (χ1v) is 8.61. The van der Waals surface area contributed by atoms with E-state index in [-0.39, 0.29) is 0 Å². The largest absolute Gasteiger partial charge is 0.377 e. The predicted octanol–water partition coefficient (Wildman–Crippen LogP) is 3.21. The van der Waals surface area contributed by atoms with E-state index in [0.29, 0.717) is 12.1 Å². The average Bonchev–Trinajstić information content (AvgIpc) is 2.95. The first kappa shape index (κ1) is 15.7. The van der Waals surface area contributed by atoms with E-state index in [0.717, 1.165) is 37.8 Å². The van der Waals surface area contributed by atoms with Gasteiger partial charge in [-0.2, -0.15) is 0 Å². The number of nitrogens with zero attached hydrogens (tertiary/aromatic N) is 2. The van der Waals surface area contributed by atoms with Crippen molar-refractivity contribution in [3.8, 4) is 0 Å². The molecule has 0 spiro atoms. The van der Waals surface area contributed by atoms with Crippen molar-refractivity contribution >= 4 is 16.5 Å². The van der Waals surface area contributed by atoms with E-state index in [4.69, 9.17) is 4.74 Å². The van der Waals surface area contributed by atoms with Gasteiger partial charge in [-0.15, -0.1) is 11.3 Å². The van der Waals surface area contributed by atoms with Crippen LogP contribution in [-0.2, 0) is 4.74 Å². The summed E-state index contributed by atoms with van der Waals surface area (Å²) in [7, 11) is 0. The minimum absolute atomic E-state index is 0.372. The summed E-state index contributed by atoms with van der Waals surface area (Å²) in [6, 6.07) is 0.397. The van der Waals surface area contributed by atoms with Crippen LogP contribution in [-0.4, -0.2) is 37.3 Å². The molecule has 1 aromatic heterocycles. The standard InChI is InChI=1S/C15H27N3OS/c1-4-8-16-12(3)14-10-17-15(20-14)18-9-6-7-13(11-18)19-5-2/h10,12-13,16H,4-9,11H2,1-3H3. The van der Waals surface area contributed by atoms with Gasteiger partial charge in [0.2, 0.25) is 0 Å². The van der Waals surface area contributed by atoms with Gasteiger partial charge in [0.05, 0.1) is 6.10 Å². The van der Waals surface area contributed by atoms with Gasteiger partial charge in [0, 0.05) is 36.8 Å². The number of ether oxygens (including phenoxy) is 1. The highest BCUT2D eigenvalue weighted by atomic mass is 32.1. The van der Waals surface area contributed by atoms with Gasteiger partial charge in [0.15, 0.2) is 5.13 Å². The van der Waals surface area contributed by atoms with Gasteiger partial charge in [0.25, 0.3) is 0 Å². The molecule has 0 amide bonds. The van der Waals surface area contributed by atoms with E-state index < -0.39 is 0 Å². The number of aromatic nitrogens is 1. The molecular formula is C15H27N3OS. The van der Waals surface area contributed by atoms with E-state index in [1.807, 2.05) is 17.5 Å². The molecule has 2 heterocycles. The van der Waals surface area contributed by atoms with Crippen molar-refractivity contribution in [2.45, 2.75) is 52.2 Å². The van der Waals surface area contributed by atoms with Crippen LogP contribution >= 0.6 is 11.3 Å². The SMILES string of the molecule is CCCNC(C)c1cnc(N2CCCC(OCC)C2)s1. The van der Waals surface area contributed by atoms with E-state index in [1.54, 1.807) is 0 Å². The van der Waals surface area contributed by atoms with Crippen LogP contribution in [0.2, 0.25) is 0 Å². The van der Waals surface area contributed by atoms with Crippen LogP contribution in [0, 0.1) is 0 Å². The second kappa shape index (κ2) is 7.96. The zero-order valence-electron chi connectivity index (χ0n) is 12.9. The fraction of sp³-hybridized carbons (Fsp3) is 0.800. The lowest BCUT2D eigenvalue weighted by Gasteiger charge is -2.32. The van der Waals surface area contributed by atoms with Crippen molar-refractivity contribution in [1.29, 1.82) is 0 Å². The molecule has 2 unspecified atom stereocenters. The Morgan fingerprint density at radius 3 is 3.15 bits per heavy atom. The highest BCUT2D eigenvalue weighted by Crippen LogP contribution is 2.29. The number of rotatable bonds is 7. The molecule has 1 aliphatic heterocycles. The monoisotopic (exact) mass is 297 g/mol. The summed E-state index contributed by atoms with van der Waals surface area (Å²) < 4.78 is 5.76. The number of hydrogen-bond acceptors (Lipinski definition) is 5. The first-order chi connectivity index (χ1) is 9.74. The Bertz CT molecular complexity index is 394. The van der Waals surface area contributed by atoms with E-state index in [2.05, 4.69) is 36.0 Å². The van der Waals surface area contributed by atoms with Gasteiger partial charge in [-0.25, -0.2) is 4.98 Å². The van der Waals surface area contributed by atoms with Crippen LogP contribution in [0.3, 0.4) is 0 Å². The molecule has 4 nitrogen and oxygen atoms in total. The summed E-state index contributed by atoms with van der Waals surface area (Å²) in [5.41, 5.74) is 0. The van der Waals surface area contributed by atoms with E-state index in [9.17, 15) is 0 Å². The Hall–Kier alpha value is -0.650. The third-order valence-electron chi connectivity index (χ3n) is 3.69. The Morgan fingerprint density at radius 1 is 1.55 bits per heavy atom. The smallest absolute Gasteiger partial charge is 0.185 e. The van der Waals surface area contributed by atoms with Gasteiger partial charge < -0.3 is 15.0 Å². The van der Waals surface area contributed by atoms with Crippen molar-refractivity contribution in [1.82, 2.24) is 10.3 Å². The van der Waals surface area contributed by atoms with Crippen LogP contribution in [0.4, 0.5) is 5.13 Å². The summed E-state index contributed by atoms with van der Waals surface area (Å²) in [6.07, 6.45) is 5.94.